The average molecular weight is 536 g/mol. The van der Waals surface area contributed by atoms with Gasteiger partial charge in [-0.3, -0.25) is 0 Å². The van der Waals surface area contributed by atoms with Crippen molar-refractivity contribution in [3.8, 4) is 0 Å². The first-order valence-electron chi connectivity index (χ1n) is 13.1. The van der Waals surface area contributed by atoms with Crippen molar-refractivity contribution in [2.75, 3.05) is 43.4 Å². The van der Waals surface area contributed by atoms with Crippen LogP contribution in [-0.2, 0) is 6.18 Å². The van der Waals surface area contributed by atoms with Crippen LogP contribution in [0.5, 0.6) is 0 Å². The van der Waals surface area contributed by atoms with Crippen LogP contribution in [0.25, 0.3) is 0 Å². The highest BCUT2D eigenvalue weighted by molar-refractivity contribution is 8.00. The molecule has 2 aliphatic heterocycles. The van der Waals surface area contributed by atoms with E-state index in [0.717, 1.165) is 17.4 Å². The van der Waals surface area contributed by atoms with Gasteiger partial charge in [-0.1, -0.05) is 6.92 Å². The molecule has 2 saturated heterocycles. The second-order valence-corrected chi connectivity index (χ2v) is 12.6. The summed E-state index contributed by atoms with van der Waals surface area (Å²) in [5.41, 5.74) is 1.42. The van der Waals surface area contributed by atoms with Crippen LogP contribution in [0.15, 0.2) is 29.3 Å². The van der Waals surface area contributed by atoms with Gasteiger partial charge in [-0.25, -0.2) is 4.98 Å². The quantitative estimate of drug-likeness (QED) is 0.508. The van der Waals surface area contributed by atoms with Crippen LogP contribution < -0.4 is 10.2 Å². The number of hydrogen-bond donors (Lipinski definition) is 2. The summed E-state index contributed by atoms with van der Waals surface area (Å²) < 4.78 is 41.2. The number of piperidine rings is 2. The normalized spacial score (nSPS) is 24.8. The first kappa shape index (κ1) is 26.6. The third-order valence-electron chi connectivity index (χ3n) is 8.41. The zero-order valence-electron chi connectivity index (χ0n) is 21.7. The van der Waals surface area contributed by atoms with Gasteiger partial charge in [0.25, 0.3) is 0 Å². The van der Waals surface area contributed by atoms with E-state index >= 15 is 0 Å². The molecule has 1 spiro atoms. The van der Waals surface area contributed by atoms with Crippen molar-refractivity contribution in [3.63, 3.8) is 0 Å². The Balaban J connectivity index is 1.27. The van der Waals surface area contributed by atoms with Crippen LogP contribution >= 0.6 is 11.8 Å². The Morgan fingerprint density at radius 3 is 2.54 bits per heavy atom. The number of rotatable bonds is 5. The third kappa shape index (κ3) is 5.86. The molecule has 1 saturated carbocycles. The van der Waals surface area contributed by atoms with Crippen LogP contribution in [0.1, 0.15) is 50.2 Å². The molecule has 2 unspecified atom stereocenters. The molecule has 0 radical (unpaired) electrons. The van der Waals surface area contributed by atoms with Gasteiger partial charge < -0.3 is 20.2 Å². The van der Waals surface area contributed by atoms with Gasteiger partial charge in [0.2, 0.25) is 5.95 Å². The van der Waals surface area contributed by atoms with Gasteiger partial charge in [0, 0.05) is 35.1 Å². The molecule has 2 N–H and O–H groups in total. The highest BCUT2D eigenvalue weighted by Crippen LogP contribution is 2.54. The number of aryl methyl sites for hydroxylation is 1. The summed E-state index contributed by atoms with van der Waals surface area (Å²) in [6.07, 6.45) is 1.31. The van der Waals surface area contributed by atoms with E-state index in [9.17, 15) is 18.3 Å². The van der Waals surface area contributed by atoms with Crippen molar-refractivity contribution in [2.24, 2.45) is 11.3 Å². The van der Waals surface area contributed by atoms with Gasteiger partial charge in [0.05, 0.1) is 6.10 Å². The molecule has 5 rings (SSSR count). The van der Waals surface area contributed by atoms with Crippen LogP contribution in [0.2, 0.25) is 0 Å². The molecule has 1 aromatic carbocycles. The van der Waals surface area contributed by atoms with E-state index in [1.54, 1.807) is 0 Å². The minimum absolute atomic E-state index is 0.0406. The molecule has 0 amide bonds. The van der Waals surface area contributed by atoms with E-state index in [1.807, 2.05) is 31.7 Å². The summed E-state index contributed by atoms with van der Waals surface area (Å²) in [5.74, 6) is -0.0321. The Morgan fingerprint density at radius 2 is 1.89 bits per heavy atom. The van der Waals surface area contributed by atoms with Crippen LogP contribution in [0.3, 0.4) is 0 Å². The Hall–Kier alpha value is -2.04. The number of halogens is 3. The van der Waals surface area contributed by atoms with E-state index < -0.39 is 17.8 Å². The lowest BCUT2D eigenvalue weighted by molar-refractivity contribution is -0.137. The summed E-state index contributed by atoms with van der Waals surface area (Å²) >= 11 is 1.93. The fourth-order valence-electron chi connectivity index (χ4n) is 5.77. The number of β-amino-alcohol motifs (C(OH)–C–C–N with tert-alkyl or cyclic N) is 1. The van der Waals surface area contributed by atoms with Gasteiger partial charge in [-0.15, -0.1) is 11.8 Å². The molecular formula is C27H36F3N5OS. The Kier molecular flexibility index (Phi) is 7.37. The fraction of sp³-hybridized carbons (Fsp3) is 0.630. The number of thioether (sulfide) groups is 1. The second kappa shape index (κ2) is 10.3. The molecular weight excluding hydrogens is 499 g/mol. The number of benzene rings is 1. The minimum atomic E-state index is -4.58. The topological polar surface area (TPSA) is 64.5 Å². The number of alkyl halides is 3. The standard InChI is InChI=1S/C27H36F3N5OS/c1-17-6-9-35(16-23(17)36)24-21(27(28,29)30)15-31-25(33-24)32-22-5-4-19(12-18(22)2)37-20-13-26(14-20)7-10-34(3)11-8-26/h4-5,12,15,17,20,23,36H,6-11,13-14,16H2,1-3H3,(H,31,32,33). The minimum Gasteiger partial charge on any atom is -0.391 e. The van der Waals surface area contributed by atoms with E-state index in [0.29, 0.717) is 23.6 Å². The molecule has 202 valence electrons. The van der Waals surface area contributed by atoms with E-state index in [1.165, 1.54) is 48.6 Å². The van der Waals surface area contributed by atoms with Crippen LogP contribution in [-0.4, -0.2) is 64.6 Å². The summed E-state index contributed by atoms with van der Waals surface area (Å²) in [6.45, 7) is 6.80. The van der Waals surface area contributed by atoms with Crippen molar-refractivity contribution in [1.29, 1.82) is 0 Å². The molecule has 3 heterocycles. The highest BCUT2D eigenvalue weighted by atomic mass is 32.2. The number of aromatic nitrogens is 2. The number of nitrogens with zero attached hydrogens (tertiary/aromatic N) is 4. The van der Waals surface area contributed by atoms with Crippen molar-refractivity contribution in [1.82, 2.24) is 14.9 Å². The van der Waals surface area contributed by atoms with Crippen molar-refractivity contribution < 1.29 is 18.3 Å². The molecule has 6 nitrogen and oxygen atoms in total. The van der Waals surface area contributed by atoms with Crippen molar-refractivity contribution >= 4 is 29.2 Å². The van der Waals surface area contributed by atoms with Crippen LogP contribution in [0.4, 0.5) is 30.6 Å². The lowest BCUT2D eigenvalue weighted by Gasteiger charge is -2.51. The Labute approximate surface area is 221 Å². The van der Waals surface area contributed by atoms with Crippen molar-refractivity contribution in [2.45, 2.75) is 68.4 Å². The van der Waals surface area contributed by atoms with E-state index in [-0.39, 0.29) is 24.2 Å². The Bertz CT molecular complexity index is 1110. The van der Waals surface area contributed by atoms with Crippen molar-refractivity contribution in [3.05, 3.63) is 35.5 Å². The number of anilines is 3. The van der Waals surface area contributed by atoms with Gasteiger partial charge >= 0.3 is 6.18 Å². The summed E-state index contributed by atoms with van der Waals surface area (Å²) in [6, 6.07) is 6.14. The number of aliphatic hydroxyl groups excluding tert-OH is 1. The molecule has 2 atom stereocenters. The fourth-order valence-corrected chi connectivity index (χ4v) is 7.42. The molecule has 1 aliphatic carbocycles. The summed E-state index contributed by atoms with van der Waals surface area (Å²) in [5, 5.41) is 14.0. The van der Waals surface area contributed by atoms with E-state index in [4.69, 9.17) is 0 Å². The maximum atomic E-state index is 13.7. The SMILES string of the molecule is Cc1cc(SC2CC3(CCN(C)CC3)C2)ccc1Nc1ncc(C(F)(F)F)c(N2CCC(C)C(O)C2)n1. The maximum Gasteiger partial charge on any atom is 0.421 e. The zero-order valence-corrected chi connectivity index (χ0v) is 22.5. The summed E-state index contributed by atoms with van der Waals surface area (Å²) in [4.78, 5) is 13.4. The largest absolute Gasteiger partial charge is 0.421 e. The lowest BCUT2D eigenvalue weighted by Crippen LogP contribution is -2.47. The number of hydrogen-bond acceptors (Lipinski definition) is 7. The summed E-state index contributed by atoms with van der Waals surface area (Å²) in [7, 11) is 2.20. The molecule has 2 aromatic rings. The lowest BCUT2D eigenvalue weighted by atomic mass is 9.63. The molecule has 0 bridgehead atoms. The van der Waals surface area contributed by atoms with E-state index in [2.05, 4.69) is 39.4 Å². The smallest absolute Gasteiger partial charge is 0.391 e. The zero-order chi connectivity index (χ0) is 26.4. The van der Waals surface area contributed by atoms with Gasteiger partial charge in [-0.2, -0.15) is 18.2 Å². The van der Waals surface area contributed by atoms with Gasteiger partial charge in [-0.05, 0) is 94.3 Å². The first-order valence-corrected chi connectivity index (χ1v) is 14.0. The molecule has 10 heteroatoms. The van der Waals surface area contributed by atoms with Gasteiger partial charge in [0.15, 0.2) is 0 Å². The first-order chi connectivity index (χ1) is 17.5. The molecule has 1 aromatic heterocycles. The average Bonchev–Trinajstić information content (AvgIpc) is 2.82. The molecule has 37 heavy (non-hydrogen) atoms. The van der Waals surface area contributed by atoms with Crippen LogP contribution in [0, 0.1) is 18.3 Å². The highest BCUT2D eigenvalue weighted by Gasteiger charge is 2.45. The number of aliphatic hydroxyl groups is 1. The predicted octanol–water partition coefficient (Wildman–Crippen LogP) is 5.72. The Morgan fingerprint density at radius 1 is 1.16 bits per heavy atom. The number of nitrogens with one attached hydrogen (secondary N) is 1. The van der Waals surface area contributed by atoms with Gasteiger partial charge in [0.1, 0.15) is 11.4 Å². The maximum absolute atomic E-state index is 13.7. The second-order valence-electron chi connectivity index (χ2n) is 11.3. The molecule has 3 aliphatic rings. The predicted molar refractivity (Wildman–Crippen MR) is 142 cm³/mol. The monoisotopic (exact) mass is 535 g/mol. The third-order valence-corrected chi connectivity index (χ3v) is 9.60. The molecule has 3 fully saturated rings. The number of likely N-dealkylation sites (tertiary alicyclic amines) is 1.